The zero-order valence-corrected chi connectivity index (χ0v) is 25.3. The van der Waals surface area contributed by atoms with Gasteiger partial charge in [-0.05, 0) is 78.6 Å². The Morgan fingerprint density at radius 1 is 0.951 bits per heavy atom. The zero-order valence-electron chi connectivity index (χ0n) is 24.3. The molecule has 210 valence electrons. The highest BCUT2D eigenvalue weighted by molar-refractivity contribution is 7.46. The Morgan fingerprint density at radius 2 is 1.73 bits per heavy atom. The molecule has 0 aliphatic heterocycles. The van der Waals surface area contributed by atoms with E-state index < -0.39 is 0 Å². The maximum atomic E-state index is 13.2. The number of fused-ring (bicyclic) bond motifs is 1. The molecule has 3 aromatic carbocycles. The van der Waals surface area contributed by atoms with Gasteiger partial charge >= 0.3 is 6.03 Å². The van der Waals surface area contributed by atoms with Gasteiger partial charge in [-0.1, -0.05) is 71.8 Å². The van der Waals surface area contributed by atoms with Crippen molar-refractivity contribution in [1.29, 1.82) is 0 Å². The van der Waals surface area contributed by atoms with Crippen molar-refractivity contribution in [2.75, 3.05) is 22.6 Å². The number of hydrogen-bond donors (Lipinski definition) is 3. The van der Waals surface area contributed by atoms with Crippen LogP contribution >= 0.6 is 8.58 Å². The van der Waals surface area contributed by atoms with Crippen molar-refractivity contribution in [2.24, 2.45) is 0 Å². The molecule has 0 bridgehead atoms. The van der Waals surface area contributed by atoms with E-state index >= 15 is 0 Å². The molecule has 1 atom stereocenters. The highest BCUT2D eigenvalue weighted by atomic mass is 31.1. The van der Waals surface area contributed by atoms with Crippen LogP contribution in [0.1, 0.15) is 44.7 Å². The highest BCUT2D eigenvalue weighted by Gasteiger charge is 2.18. The first-order valence-corrected chi connectivity index (χ1v) is 15.4. The number of rotatable bonds is 7. The Labute approximate surface area is 244 Å². The molecule has 1 aromatic heterocycles. The van der Waals surface area contributed by atoms with E-state index in [9.17, 15) is 4.79 Å². The van der Waals surface area contributed by atoms with Gasteiger partial charge in [-0.3, -0.25) is 0 Å². The van der Waals surface area contributed by atoms with Gasteiger partial charge in [0.25, 0.3) is 0 Å². The lowest BCUT2D eigenvalue weighted by molar-refractivity contribution is 0.262. The van der Waals surface area contributed by atoms with E-state index in [0.29, 0.717) is 25.8 Å². The largest absolute Gasteiger partial charge is 0.457 e. The summed E-state index contributed by atoms with van der Waals surface area (Å²) in [5.74, 6) is 2.09. The van der Waals surface area contributed by atoms with Gasteiger partial charge in [0.15, 0.2) is 0 Å². The Kier molecular flexibility index (Phi) is 8.41. The normalized spacial score (nSPS) is 13.3. The van der Waals surface area contributed by atoms with Crippen LogP contribution in [0.5, 0.6) is 11.5 Å². The second-order valence-corrected chi connectivity index (χ2v) is 12.2. The number of amides is 2. The smallest absolute Gasteiger partial charge is 0.323 e. The van der Waals surface area contributed by atoms with Crippen LogP contribution in [0.15, 0.2) is 90.8 Å². The van der Waals surface area contributed by atoms with Crippen molar-refractivity contribution in [3.8, 4) is 11.5 Å². The monoisotopic (exact) mass is 564 g/mol. The average Bonchev–Trinajstić information content (AvgIpc) is 2.95. The molecular weight excluding hydrogens is 527 g/mol. The van der Waals surface area contributed by atoms with Gasteiger partial charge in [0.1, 0.15) is 17.3 Å². The van der Waals surface area contributed by atoms with Gasteiger partial charge in [-0.2, -0.15) is 0 Å². The fourth-order valence-corrected chi connectivity index (χ4v) is 5.62. The third-order valence-corrected chi connectivity index (χ3v) is 8.21. The number of aromatic nitrogens is 1. The molecule has 1 heterocycles. The predicted molar refractivity (Wildman–Crippen MR) is 175 cm³/mol. The van der Waals surface area contributed by atoms with Gasteiger partial charge in [0, 0.05) is 34.4 Å². The van der Waals surface area contributed by atoms with E-state index in [1.807, 2.05) is 48.5 Å². The minimum atomic E-state index is -0.278. The topological polar surface area (TPSA) is 75.3 Å². The molecule has 41 heavy (non-hydrogen) atoms. The van der Waals surface area contributed by atoms with Crippen LogP contribution in [-0.4, -0.2) is 17.7 Å². The van der Waals surface area contributed by atoms with E-state index in [1.54, 1.807) is 6.20 Å². The van der Waals surface area contributed by atoms with Crippen molar-refractivity contribution < 1.29 is 9.53 Å². The summed E-state index contributed by atoms with van der Waals surface area (Å²) < 4.78 is 6.32. The van der Waals surface area contributed by atoms with Crippen LogP contribution in [0.25, 0.3) is 10.8 Å². The Morgan fingerprint density at radius 3 is 2.46 bits per heavy atom. The predicted octanol–water partition coefficient (Wildman–Crippen LogP) is 8.86. The van der Waals surface area contributed by atoms with Crippen molar-refractivity contribution in [1.82, 2.24) is 4.98 Å². The fourth-order valence-electron chi connectivity index (χ4n) is 4.81. The van der Waals surface area contributed by atoms with E-state index in [1.165, 1.54) is 10.9 Å². The molecule has 0 saturated heterocycles. The second-order valence-electron chi connectivity index (χ2n) is 11.2. The first-order valence-electron chi connectivity index (χ1n) is 13.9. The van der Waals surface area contributed by atoms with Crippen LogP contribution in [0.4, 0.5) is 22.0 Å². The number of hydrogen-bond acceptors (Lipinski definition) is 4. The maximum Gasteiger partial charge on any atom is 0.323 e. The summed E-state index contributed by atoms with van der Waals surface area (Å²) in [6.07, 6.45) is 10.2. The molecule has 0 saturated carbocycles. The van der Waals surface area contributed by atoms with Gasteiger partial charge in [0.05, 0.1) is 5.69 Å². The lowest BCUT2D eigenvalue weighted by Crippen LogP contribution is -2.23. The van der Waals surface area contributed by atoms with Gasteiger partial charge in [-0.15, -0.1) is 0 Å². The quantitative estimate of drug-likeness (QED) is 0.196. The lowest BCUT2D eigenvalue weighted by atomic mass is 9.86. The molecule has 0 spiro atoms. The van der Waals surface area contributed by atoms with Gasteiger partial charge < -0.3 is 20.7 Å². The van der Waals surface area contributed by atoms with Gasteiger partial charge in [0.2, 0.25) is 0 Å². The third-order valence-electron chi connectivity index (χ3n) is 7.15. The number of nitrogens with zero attached hydrogens (tertiary/aromatic N) is 1. The summed E-state index contributed by atoms with van der Waals surface area (Å²) in [5, 5.41) is 12.6. The summed E-state index contributed by atoms with van der Waals surface area (Å²) in [4.78, 5) is 17.7. The molecule has 7 heteroatoms. The zero-order chi connectivity index (χ0) is 29.0. The second kappa shape index (κ2) is 12.2. The average molecular weight is 565 g/mol. The lowest BCUT2D eigenvalue weighted by Gasteiger charge is -2.23. The molecule has 1 aliphatic rings. The van der Waals surface area contributed by atoms with Crippen molar-refractivity contribution in [3.05, 3.63) is 102 Å². The molecule has 1 aliphatic carbocycles. The third kappa shape index (κ3) is 6.78. The molecule has 0 radical (unpaired) electrons. The molecule has 5 rings (SSSR count). The molecular formula is C34H37N4O2P. The number of urea groups is 1. The minimum absolute atomic E-state index is 0.0170. The maximum absolute atomic E-state index is 13.2. The molecule has 2 amide bonds. The number of benzene rings is 3. The Bertz CT molecular complexity index is 1650. The highest BCUT2D eigenvalue weighted by Crippen LogP contribution is 2.35. The Balaban J connectivity index is 1.37. The molecule has 0 fully saturated rings. The molecule has 4 aromatic rings. The van der Waals surface area contributed by atoms with E-state index in [-0.39, 0.29) is 11.4 Å². The van der Waals surface area contributed by atoms with E-state index in [0.717, 1.165) is 46.4 Å². The van der Waals surface area contributed by atoms with Crippen molar-refractivity contribution in [2.45, 2.75) is 46.0 Å². The first kappa shape index (κ1) is 28.4. The standard InChI is InChI=1S/C34H37N4O2P/c1-22-29(19-23(34(2,3)4)20-31(22)41-5)38-33(39)37-28-15-16-30(27-14-10-9-13-26(27)28)40-25-17-18-35-32(21-25)36-24-11-7-6-8-12-24/h7,9-21,41H,6,8H2,1-5H3,(H,35,36)(H2,37,38,39). The number of carbonyl (C=O) groups excluding carboxylic acids is 1. The Hall–Kier alpha value is -4.15. The van der Waals surface area contributed by atoms with E-state index in [2.05, 4.69) is 85.7 Å². The van der Waals surface area contributed by atoms with Crippen LogP contribution in [-0.2, 0) is 5.41 Å². The summed E-state index contributed by atoms with van der Waals surface area (Å²) in [6, 6.07) is 19.5. The van der Waals surface area contributed by atoms with Crippen LogP contribution in [0, 0.1) is 6.92 Å². The van der Waals surface area contributed by atoms with Crippen molar-refractivity contribution >= 4 is 47.9 Å². The SMILES string of the molecule is CPc1cc(C(C)(C)C)cc(NC(=O)Nc2ccc(Oc3ccnc(NC4=CCCC=C4)c3)c3ccccc23)c1C. The number of ether oxygens (including phenoxy) is 1. The van der Waals surface area contributed by atoms with Crippen LogP contribution < -0.4 is 26.0 Å². The van der Waals surface area contributed by atoms with Crippen LogP contribution in [0.3, 0.4) is 0 Å². The van der Waals surface area contributed by atoms with Crippen molar-refractivity contribution in [3.63, 3.8) is 0 Å². The summed E-state index contributed by atoms with van der Waals surface area (Å²) >= 11 is 0. The molecule has 6 nitrogen and oxygen atoms in total. The number of anilines is 3. The number of nitrogens with one attached hydrogen (secondary N) is 3. The molecule has 3 N–H and O–H groups in total. The number of allylic oxidation sites excluding steroid dienone is 3. The summed E-state index contributed by atoms with van der Waals surface area (Å²) in [5.41, 5.74) is 4.87. The van der Waals surface area contributed by atoms with E-state index in [4.69, 9.17) is 4.74 Å². The minimum Gasteiger partial charge on any atom is -0.457 e. The summed E-state index contributed by atoms with van der Waals surface area (Å²) in [6.45, 7) is 10.8. The van der Waals surface area contributed by atoms with Gasteiger partial charge in [-0.25, -0.2) is 9.78 Å². The number of pyridine rings is 1. The molecule has 1 unspecified atom stereocenters. The van der Waals surface area contributed by atoms with Crippen LogP contribution in [0.2, 0.25) is 0 Å². The fraction of sp³-hybridized carbons (Fsp3) is 0.235. The summed E-state index contributed by atoms with van der Waals surface area (Å²) in [7, 11) is 0.645. The number of carbonyl (C=O) groups is 1. The first-order chi connectivity index (χ1) is 19.7.